The molecule has 16 heavy (non-hydrogen) atoms. The standard InChI is InChI=1S/C10H19N3O3/c1-9(2,3)16-8(15)13-5-10(12,6-13)4-7(11)14/h4-6,12H2,1-3H3,(H2,11,14). The highest BCUT2D eigenvalue weighted by atomic mass is 16.6. The third-order valence-electron chi connectivity index (χ3n) is 2.19. The van der Waals surface area contributed by atoms with Gasteiger partial charge in [-0.3, -0.25) is 4.79 Å². The second-order valence-corrected chi connectivity index (χ2v) is 5.34. The normalized spacial score (nSPS) is 18.9. The molecule has 6 heteroatoms. The van der Waals surface area contributed by atoms with Crippen LogP contribution in [0.25, 0.3) is 0 Å². The zero-order chi connectivity index (χ0) is 12.6. The average Bonchev–Trinajstić information content (AvgIpc) is 1.94. The Balaban J connectivity index is 2.41. The highest BCUT2D eigenvalue weighted by Crippen LogP contribution is 2.23. The van der Waals surface area contributed by atoms with Crippen LogP contribution in [0.3, 0.4) is 0 Å². The molecular weight excluding hydrogens is 210 g/mol. The first-order chi connectivity index (χ1) is 7.11. The minimum absolute atomic E-state index is 0.0896. The van der Waals surface area contributed by atoms with Crippen LogP contribution in [0, 0.1) is 0 Å². The average molecular weight is 229 g/mol. The molecule has 0 unspecified atom stereocenters. The molecule has 0 bridgehead atoms. The molecule has 2 amide bonds. The quantitative estimate of drug-likeness (QED) is 0.685. The Kier molecular flexibility index (Phi) is 3.14. The van der Waals surface area contributed by atoms with Crippen molar-refractivity contribution in [3.8, 4) is 0 Å². The minimum atomic E-state index is -0.678. The van der Waals surface area contributed by atoms with Gasteiger partial charge in [-0.15, -0.1) is 0 Å². The van der Waals surface area contributed by atoms with Gasteiger partial charge >= 0.3 is 6.09 Å². The van der Waals surface area contributed by atoms with Crippen molar-refractivity contribution in [2.45, 2.75) is 38.3 Å². The van der Waals surface area contributed by atoms with Crippen LogP contribution in [-0.2, 0) is 9.53 Å². The van der Waals surface area contributed by atoms with Crippen molar-refractivity contribution in [1.29, 1.82) is 0 Å². The molecule has 0 aromatic heterocycles. The summed E-state index contributed by atoms with van der Waals surface area (Å²) in [4.78, 5) is 23.7. The lowest BCUT2D eigenvalue weighted by molar-refractivity contribution is -0.120. The molecule has 1 aliphatic heterocycles. The van der Waals surface area contributed by atoms with Gasteiger partial charge in [-0.05, 0) is 20.8 Å². The van der Waals surface area contributed by atoms with Gasteiger partial charge in [-0.2, -0.15) is 0 Å². The molecule has 1 aliphatic rings. The highest BCUT2D eigenvalue weighted by molar-refractivity contribution is 5.76. The largest absolute Gasteiger partial charge is 0.444 e. The Labute approximate surface area is 94.9 Å². The summed E-state index contributed by atoms with van der Waals surface area (Å²) >= 11 is 0. The van der Waals surface area contributed by atoms with Crippen LogP contribution >= 0.6 is 0 Å². The molecule has 6 nitrogen and oxygen atoms in total. The number of nitrogens with zero attached hydrogens (tertiary/aromatic N) is 1. The van der Waals surface area contributed by atoms with E-state index in [-0.39, 0.29) is 6.42 Å². The van der Waals surface area contributed by atoms with Crippen molar-refractivity contribution in [3.63, 3.8) is 0 Å². The summed E-state index contributed by atoms with van der Waals surface area (Å²) < 4.78 is 5.16. The van der Waals surface area contributed by atoms with Gasteiger partial charge < -0.3 is 21.1 Å². The highest BCUT2D eigenvalue weighted by Gasteiger charge is 2.44. The summed E-state index contributed by atoms with van der Waals surface area (Å²) in [6.45, 7) is 6.01. The summed E-state index contributed by atoms with van der Waals surface area (Å²) in [5, 5.41) is 0. The molecule has 0 saturated carbocycles. The van der Waals surface area contributed by atoms with Crippen molar-refractivity contribution >= 4 is 12.0 Å². The van der Waals surface area contributed by atoms with Gasteiger partial charge in [0.25, 0.3) is 0 Å². The molecule has 1 fully saturated rings. The van der Waals surface area contributed by atoms with Crippen LogP contribution in [0.4, 0.5) is 4.79 Å². The van der Waals surface area contributed by atoms with Gasteiger partial charge in [0, 0.05) is 19.5 Å². The number of rotatable bonds is 2. The SMILES string of the molecule is CC(C)(C)OC(=O)N1CC(N)(CC(N)=O)C1. The van der Waals surface area contributed by atoms with Crippen LogP contribution in [0.5, 0.6) is 0 Å². The minimum Gasteiger partial charge on any atom is -0.444 e. The zero-order valence-electron chi connectivity index (χ0n) is 9.95. The van der Waals surface area contributed by atoms with Crippen molar-refractivity contribution < 1.29 is 14.3 Å². The molecule has 0 atom stereocenters. The van der Waals surface area contributed by atoms with E-state index in [2.05, 4.69) is 0 Å². The molecule has 0 aromatic carbocycles. The maximum atomic E-state index is 11.5. The lowest BCUT2D eigenvalue weighted by Gasteiger charge is -2.46. The summed E-state index contributed by atoms with van der Waals surface area (Å²) in [5.41, 5.74) is 9.71. The lowest BCUT2D eigenvalue weighted by atomic mass is 9.87. The van der Waals surface area contributed by atoms with Crippen LogP contribution in [-0.4, -0.2) is 41.1 Å². The fourth-order valence-electron chi connectivity index (χ4n) is 1.63. The van der Waals surface area contributed by atoms with E-state index >= 15 is 0 Å². The Morgan fingerprint density at radius 2 is 1.88 bits per heavy atom. The predicted molar refractivity (Wildman–Crippen MR) is 58.5 cm³/mol. The van der Waals surface area contributed by atoms with Crippen molar-refractivity contribution in [2.24, 2.45) is 11.5 Å². The summed E-state index contributed by atoms with van der Waals surface area (Å²) in [6, 6.07) is 0. The number of primary amides is 1. The Hall–Kier alpha value is -1.30. The van der Waals surface area contributed by atoms with Crippen LogP contribution in [0.2, 0.25) is 0 Å². The number of nitrogens with two attached hydrogens (primary N) is 2. The van der Waals surface area contributed by atoms with E-state index in [9.17, 15) is 9.59 Å². The molecule has 4 N–H and O–H groups in total. The second kappa shape index (κ2) is 3.93. The molecule has 1 rings (SSSR count). The van der Waals surface area contributed by atoms with Gasteiger partial charge in [-0.25, -0.2) is 4.79 Å². The van der Waals surface area contributed by atoms with E-state index in [0.717, 1.165) is 0 Å². The first-order valence-electron chi connectivity index (χ1n) is 5.16. The number of likely N-dealkylation sites (tertiary alicyclic amines) is 1. The fraction of sp³-hybridized carbons (Fsp3) is 0.800. The summed E-state index contributed by atoms with van der Waals surface area (Å²) in [6.07, 6.45) is -0.315. The van der Waals surface area contributed by atoms with E-state index < -0.39 is 23.1 Å². The first kappa shape index (κ1) is 12.8. The summed E-state index contributed by atoms with van der Waals surface area (Å²) in [7, 11) is 0. The Morgan fingerprint density at radius 3 is 2.25 bits per heavy atom. The Morgan fingerprint density at radius 1 is 1.38 bits per heavy atom. The van der Waals surface area contributed by atoms with Crippen molar-refractivity contribution in [1.82, 2.24) is 4.90 Å². The van der Waals surface area contributed by atoms with Gasteiger partial charge in [0.15, 0.2) is 0 Å². The van der Waals surface area contributed by atoms with Gasteiger partial charge in [-0.1, -0.05) is 0 Å². The zero-order valence-corrected chi connectivity index (χ0v) is 9.95. The maximum Gasteiger partial charge on any atom is 0.410 e. The van der Waals surface area contributed by atoms with E-state index in [0.29, 0.717) is 13.1 Å². The number of hydrogen-bond donors (Lipinski definition) is 2. The molecule has 0 spiro atoms. The monoisotopic (exact) mass is 229 g/mol. The topological polar surface area (TPSA) is 98.7 Å². The van der Waals surface area contributed by atoms with Gasteiger partial charge in [0.1, 0.15) is 5.60 Å². The molecule has 0 aliphatic carbocycles. The van der Waals surface area contributed by atoms with E-state index in [1.54, 1.807) is 20.8 Å². The number of carbonyl (C=O) groups excluding carboxylic acids is 2. The van der Waals surface area contributed by atoms with Gasteiger partial charge in [0.05, 0.1) is 5.54 Å². The molecule has 92 valence electrons. The third kappa shape index (κ3) is 3.37. The maximum absolute atomic E-state index is 11.5. The predicted octanol–water partition coefficient (Wildman–Crippen LogP) is -0.190. The summed E-state index contributed by atoms with van der Waals surface area (Å²) in [5.74, 6) is -0.452. The van der Waals surface area contributed by atoms with Crippen LogP contribution in [0.15, 0.2) is 0 Å². The van der Waals surface area contributed by atoms with E-state index in [1.807, 2.05) is 0 Å². The Bertz CT molecular complexity index is 303. The molecule has 0 radical (unpaired) electrons. The van der Waals surface area contributed by atoms with E-state index in [4.69, 9.17) is 16.2 Å². The molecule has 1 saturated heterocycles. The lowest BCUT2D eigenvalue weighted by Crippen LogP contribution is -2.69. The number of hydrogen-bond acceptors (Lipinski definition) is 4. The van der Waals surface area contributed by atoms with E-state index in [1.165, 1.54) is 4.90 Å². The number of amides is 2. The number of ether oxygens (including phenoxy) is 1. The smallest absolute Gasteiger partial charge is 0.410 e. The van der Waals surface area contributed by atoms with Gasteiger partial charge in [0.2, 0.25) is 5.91 Å². The van der Waals surface area contributed by atoms with Crippen molar-refractivity contribution in [3.05, 3.63) is 0 Å². The second-order valence-electron chi connectivity index (χ2n) is 5.34. The third-order valence-corrected chi connectivity index (χ3v) is 2.19. The molecular formula is C10H19N3O3. The molecule has 0 aromatic rings. The first-order valence-corrected chi connectivity index (χ1v) is 5.16. The van der Waals surface area contributed by atoms with Crippen LogP contribution < -0.4 is 11.5 Å². The van der Waals surface area contributed by atoms with Crippen LogP contribution in [0.1, 0.15) is 27.2 Å². The molecule has 1 heterocycles. The fourth-order valence-corrected chi connectivity index (χ4v) is 1.63. The number of carbonyl (C=O) groups is 2. The van der Waals surface area contributed by atoms with Crippen molar-refractivity contribution in [2.75, 3.05) is 13.1 Å².